The summed E-state index contributed by atoms with van der Waals surface area (Å²) in [4.78, 5) is 142. The van der Waals surface area contributed by atoms with Crippen LogP contribution in [-0.4, -0.2) is 87.8 Å². The molecule has 0 bridgehead atoms. The predicted molar refractivity (Wildman–Crippen MR) is 372 cm³/mol. The summed E-state index contributed by atoms with van der Waals surface area (Å²) in [7, 11) is -0.689. The number of hydrogen-bond acceptors (Lipinski definition) is 13. The molecule has 0 saturated heterocycles. The van der Waals surface area contributed by atoms with Gasteiger partial charge in [-0.05, 0) is 57.8 Å². The maximum atomic E-state index is 13.0. The molecular weight excluding hydrogens is 1180 g/mol. The van der Waals surface area contributed by atoms with E-state index in [0.29, 0.717) is 57.8 Å². The highest BCUT2D eigenvalue weighted by Gasteiger charge is 2.48. The summed E-state index contributed by atoms with van der Waals surface area (Å²) in [6.07, 6.45) is 50.1. The lowest BCUT2D eigenvalue weighted by Gasteiger charge is -2.36. The number of quaternary nitrogens is 3. The number of nitrogens with zero attached hydrogens (tertiary/aromatic N) is 3. The quantitative estimate of drug-likeness (QED) is 0.0313. The van der Waals surface area contributed by atoms with Crippen molar-refractivity contribution in [2.45, 2.75) is 409 Å². The van der Waals surface area contributed by atoms with E-state index in [-0.39, 0.29) is 53.2 Å². The Morgan fingerprint density at radius 1 is 0.196 bits per heavy atom. The van der Waals surface area contributed by atoms with Gasteiger partial charge in [0.2, 0.25) is 0 Å². The van der Waals surface area contributed by atoms with Crippen LogP contribution >= 0.6 is 7.82 Å². The van der Waals surface area contributed by atoms with Crippen LogP contribution in [0.4, 0.5) is 0 Å². The topological polar surface area (TPSA) is 240 Å². The van der Waals surface area contributed by atoms with Crippen molar-refractivity contribution >= 4 is 61.0 Å². The first kappa shape index (κ1) is 95.4. The summed E-state index contributed by atoms with van der Waals surface area (Å²) in [6, 6.07) is 0. The smallest absolute Gasteiger partial charge is 0.328 e. The number of carbonyl (C=O) groups excluding carboxylic acids is 9. The van der Waals surface area contributed by atoms with Crippen LogP contribution in [0.2, 0.25) is 0 Å². The van der Waals surface area contributed by atoms with Crippen LogP contribution in [0.5, 0.6) is 0 Å². The zero-order chi connectivity index (χ0) is 70.4. The number of phosphoric acid groups is 1. The fourth-order valence-corrected chi connectivity index (χ4v) is 11.2. The molecule has 0 spiro atoms. The van der Waals surface area contributed by atoms with E-state index in [0.717, 1.165) is 231 Å². The van der Waals surface area contributed by atoms with Crippen molar-refractivity contribution in [3.63, 3.8) is 0 Å². The molecular formula is C75H144N3O13P. The second-order valence-electron chi connectivity index (χ2n) is 26.5. The van der Waals surface area contributed by atoms with E-state index in [9.17, 15) is 43.2 Å². The van der Waals surface area contributed by atoms with Gasteiger partial charge in [-0.1, -0.05) is 293 Å². The van der Waals surface area contributed by atoms with E-state index in [1.165, 1.54) is 57.8 Å². The summed E-state index contributed by atoms with van der Waals surface area (Å²) in [5, 5.41) is 0. The molecule has 0 rings (SSSR count). The van der Waals surface area contributed by atoms with E-state index in [1.54, 1.807) is 21.1 Å². The van der Waals surface area contributed by atoms with Crippen LogP contribution < -0.4 is 14.7 Å². The lowest BCUT2D eigenvalue weighted by Crippen LogP contribution is -2.57. The first-order valence-corrected chi connectivity index (χ1v) is 39.4. The van der Waals surface area contributed by atoms with E-state index in [1.807, 2.05) is 0 Å². The van der Waals surface area contributed by atoms with Gasteiger partial charge in [0.15, 0.2) is 0 Å². The Morgan fingerprint density at radius 2 is 0.272 bits per heavy atom. The van der Waals surface area contributed by atoms with Gasteiger partial charge in [0.1, 0.15) is 0 Å². The van der Waals surface area contributed by atoms with Crippen molar-refractivity contribution in [1.29, 1.82) is 0 Å². The van der Waals surface area contributed by atoms with Gasteiger partial charge in [-0.15, -0.1) is 13.4 Å². The van der Waals surface area contributed by atoms with Crippen LogP contribution in [0.15, 0.2) is 0 Å². The predicted octanol–water partition coefficient (Wildman–Crippen LogP) is 18.5. The van der Waals surface area contributed by atoms with Crippen LogP contribution in [0, 0.1) is 0 Å². The van der Waals surface area contributed by atoms with Gasteiger partial charge in [-0.3, -0.25) is 0 Å². The molecule has 0 atom stereocenters. The molecule has 0 radical (unpaired) electrons. The molecule has 9 amide bonds. The molecule has 542 valence electrons. The number of carbonyl (C=O) groups is 9. The highest BCUT2D eigenvalue weighted by Crippen LogP contribution is 2.24. The molecule has 0 saturated carbocycles. The van der Waals surface area contributed by atoms with Gasteiger partial charge in [-0.25, -0.2) is 43.2 Å². The Bertz CT molecular complexity index is 1550. The van der Waals surface area contributed by atoms with Crippen molar-refractivity contribution in [2.75, 3.05) is 21.1 Å². The minimum atomic E-state index is -5.39. The molecule has 0 unspecified atom stereocenters. The van der Waals surface area contributed by atoms with E-state index >= 15 is 0 Å². The maximum Gasteiger partial charge on any atom is 0.328 e. The summed E-state index contributed by atoms with van der Waals surface area (Å²) < 4.78 is 6.74. The number of imide groups is 9. The van der Waals surface area contributed by atoms with Crippen LogP contribution in [-0.2, 0) is 47.7 Å². The molecule has 17 heteroatoms. The Balaban J connectivity index is -0.000000607. The third-order valence-electron chi connectivity index (χ3n) is 17.9. The average molecular weight is 1330 g/mol. The number of hydrogen-bond donors (Lipinski definition) is 0. The Hall–Kier alpha value is -2.98. The van der Waals surface area contributed by atoms with Gasteiger partial charge in [0.25, 0.3) is 0 Å². The monoisotopic (exact) mass is 1330 g/mol. The lowest BCUT2D eigenvalue weighted by atomic mass is 10.1. The lowest BCUT2D eigenvalue weighted by molar-refractivity contribution is -0.682. The fraction of sp³-hybridized carbons (Fsp3) is 0.880. The second kappa shape index (κ2) is 64.0. The molecule has 0 aliphatic rings. The first-order valence-electron chi connectivity index (χ1n) is 38.0. The minimum absolute atomic E-state index is 0.196. The molecule has 0 heterocycles. The first-order chi connectivity index (χ1) is 43.8. The average Bonchev–Trinajstić information content (AvgIpc) is 0.861. The summed E-state index contributed by atoms with van der Waals surface area (Å²) in [6.45, 7) is 19.5. The highest BCUT2D eigenvalue weighted by atomic mass is 31.2. The molecule has 0 aliphatic heterocycles. The standard InChI is InChI=1S/3C25H48NO3.H3O4P/c3*1-5-8-11-14-17-20-23(27)26(4,24(28)21-18-15-12-9-6-2)25(29)22-19-16-13-10-7-3;1-5(2,3)4/h3*5-22H2,1-4H3;(H3,1,2,3,4)/q3*+1;/p-3. The number of rotatable bonds is 54. The maximum absolute atomic E-state index is 13.0. The van der Waals surface area contributed by atoms with E-state index in [2.05, 4.69) is 62.3 Å². The number of unbranched alkanes of at least 4 members (excludes halogenated alkanes) is 36. The highest BCUT2D eigenvalue weighted by molar-refractivity contribution is 7.40. The van der Waals surface area contributed by atoms with Gasteiger partial charge in [0.05, 0.1) is 78.9 Å². The van der Waals surface area contributed by atoms with Crippen LogP contribution in [0.3, 0.4) is 0 Å². The molecule has 0 aliphatic carbocycles. The van der Waals surface area contributed by atoms with Crippen LogP contribution in [0.1, 0.15) is 409 Å². The van der Waals surface area contributed by atoms with Crippen molar-refractivity contribution in [3.8, 4) is 0 Å². The largest absolute Gasteiger partial charge is 0.822 e. The van der Waals surface area contributed by atoms with Crippen molar-refractivity contribution in [1.82, 2.24) is 0 Å². The minimum Gasteiger partial charge on any atom is -0.822 e. The Kier molecular flexibility index (Phi) is 66.4. The van der Waals surface area contributed by atoms with Crippen molar-refractivity contribution < 1.29 is 75.8 Å². The molecule has 0 N–H and O–H groups in total. The SMILES string of the molecule is CCCCCCCC(=O)[N+](C)(C(=O)CCCCCCC)C(=O)CCCCCCC.CCCCCCCC(=O)[N+](C)(C(=O)CCCCCCC)C(=O)CCCCCCC.CCCCCCCC(=O)[N+](C)(C(=O)CCCCCCC)C(=O)CCCCCCC.O=P([O-])([O-])[O-]. The van der Waals surface area contributed by atoms with Gasteiger partial charge in [-0.2, -0.15) is 7.82 Å². The second-order valence-corrected chi connectivity index (χ2v) is 27.4. The third kappa shape index (κ3) is 49.5. The summed E-state index contributed by atoms with van der Waals surface area (Å²) in [5.74, 6) is -1.76. The van der Waals surface area contributed by atoms with Gasteiger partial charge < -0.3 is 19.2 Å². The summed E-state index contributed by atoms with van der Waals surface area (Å²) >= 11 is 0. The van der Waals surface area contributed by atoms with Crippen molar-refractivity contribution in [2.24, 2.45) is 0 Å². The Labute approximate surface area is 564 Å². The molecule has 0 aromatic heterocycles. The van der Waals surface area contributed by atoms with Crippen molar-refractivity contribution in [3.05, 3.63) is 0 Å². The fourth-order valence-electron chi connectivity index (χ4n) is 11.2. The normalized spacial score (nSPS) is 11.6. The van der Waals surface area contributed by atoms with Gasteiger partial charge in [0, 0.05) is 0 Å². The Morgan fingerprint density at radius 3 is 0.348 bits per heavy atom. The molecule has 0 aromatic rings. The zero-order valence-corrected chi connectivity index (χ0v) is 62.7. The van der Waals surface area contributed by atoms with Crippen LogP contribution in [0.25, 0.3) is 0 Å². The molecule has 16 nitrogen and oxygen atoms in total. The molecule has 92 heavy (non-hydrogen) atoms. The van der Waals surface area contributed by atoms with E-state index in [4.69, 9.17) is 19.2 Å². The third-order valence-corrected chi connectivity index (χ3v) is 17.9. The van der Waals surface area contributed by atoms with Gasteiger partial charge >= 0.3 is 53.2 Å². The zero-order valence-electron chi connectivity index (χ0n) is 61.8. The van der Waals surface area contributed by atoms with E-state index < -0.39 is 21.3 Å². The summed E-state index contributed by atoms with van der Waals surface area (Å²) in [5.41, 5.74) is 0. The molecule has 0 aromatic carbocycles. The molecule has 0 fully saturated rings. The number of amides is 9.